The van der Waals surface area contributed by atoms with Crippen LogP contribution in [0.1, 0.15) is 30.1 Å². The van der Waals surface area contributed by atoms with E-state index in [1.807, 2.05) is 24.1 Å². The van der Waals surface area contributed by atoms with Crippen LogP contribution in [-0.4, -0.2) is 27.4 Å². The molecular formula is C18H22N4O. The van der Waals surface area contributed by atoms with Crippen molar-refractivity contribution in [3.63, 3.8) is 0 Å². The van der Waals surface area contributed by atoms with E-state index >= 15 is 0 Å². The molecule has 3 heterocycles. The molecule has 1 aliphatic heterocycles. The highest BCUT2D eigenvalue weighted by Gasteiger charge is 2.28. The van der Waals surface area contributed by atoms with E-state index in [2.05, 4.69) is 45.9 Å². The maximum Gasteiger partial charge on any atom is 0.101 e. The molecule has 1 aromatic carbocycles. The largest absolute Gasteiger partial charge is 0.372 e. The van der Waals surface area contributed by atoms with E-state index in [1.165, 1.54) is 16.5 Å². The Morgan fingerprint density at radius 2 is 2.35 bits per heavy atom. The topological polar surface area (TPSA) is 54.9 Å². The molecule has 0 spiro atoms. The summed E-state index contributed by atoms with van der Waals surface area (Å²) in [7, 11) is 1.95. The van der Waals surface area contributed by atoms with Gasteiger partial charge in [0, 0.05) is 55.1 Å². The van der Waals surface area contributed by atoms with Crippen molar-refractivity contribution in [2.24, 2.45) is 7.05 Å². The van der Waals surface area contributed by atoms with Gasteiger partial charge in [-0.25, -0.2) is 0 Å². The predicted molar refractivity (Wildman–Crippen MR) is 90.1 cm³/mol. The van der Waals surface area contributed by atoms with Gasteiger partial charge in [-0.15, -0.1) is 0 Å². The van der Waals surface area contributed by atoms with Gasteiger partial charge in [-0.05, 0) is 30.5 Å². The first-order valence-corrected chi connectivity index (χ1v) is 8.20. The lowest BCUT2D eigenvalue weighted by Crippen LogP contribution is -2.39. The molecule has 23 heavy (non-hydrogen) atoms. The zero-order valence-corrected chi connectivity index (χ0v) is 13.3. The molecule has 0 unspecified atom stereocenters. The number of fused-ring (bicyclic) bond motifs is 1. The minimum atomic E-state index is 0.0860. The second kappa shape index (κ2) is 6.18. The van der Waals surface area contributed by atoms with Crippen LogP contribution >= 0.6 is 0 Å². The summed E-state index contributed by atoms with van der Waals surface area (Å²) in [5, 5.41) is 9.27. The van der Waals surface area contributed by atoms with Crippen molar-refractivity contribution in [3.8, 4) is 0 Å². The Labute approximate surface area is 135 Å². The van der Waals surface area contributed by atoms with Gasteiger partial charge in [-0.3, -0.25) is 4.68 Å². The molecule has 0 amide bonds. The number of nitrogens with zero attached hydrogens (tertiary/aromatic N) is 2. The van der Waals surface area contributed by atoms with Gasteiger partial charge in [0.05, 0.1) is 6.20 Å². The summed E-state index contributed by atoms with van der Waals surface area (Å²) >= 11 is 0. The highest BCUT2D eigenvalue weighted by molar-refractivity contribution is 5.82. The van der Waals surface area contributed by atoms with Crippen LogP contribution in [0.5, 0.6) is 0 Å². The quantitative estimate of drug-likeness (QED) is 0.779. The van der Waals surface area contributed by atoms with Crippen LogP contribution in [-0.2, 0) is 18.3 Å². The third kappa shape index (κ3) is 2.90. The van der Waals surface area contributed by atoms with Gasteiger partial charge in [-0.2, -0.15) is 5.10 Å². The lowest BCUT2D eigenvalue weighted by atomic mass is 9.97. The van der Waals surface area contributed by atoms with Crippen LogP contribution < -0.4 is 5.32 Å². The lowest BCUT2D eigenvalue weighted by Gasteiger charge is -2.32. The van der Waals surface area contributed by atoms with E-state index in [4.69, 9.17) is 4.74 Å². The van der Waals surface area contributed by atoms with Crippen molar-refractivity contribution in [3.05, 3.63) is 54.0 Å². The molecule has 5 nitrogen and oxygen atoms in total. The van der Waals surface area contributed by atoms with Crippen molar-refractivity contribution in [1.82, 2.24) is 20.1 Å². The number of ether oxygens (including phenoxy) is 1. The second-order valence-corrected chi connectivity index (χ2v) is 6.22. The lowest BCUT2D eigenvalue weighted by molar-refractivity contribution is -0.0112. The van der Waals surface area contributed by atoms with E-state index in [-0.39, 0.29) is 6.10 Å². The number of rotatable bonds is 4. The number of aromatic nitrogens is 3. The molecule has 0 saturated carbocycles. The summed E-state index contributed by atoms with van der Waals surface area (Å²) in [5.41, 5.74) is 3.66. The van der Waals surface area contributed by atoms with Gasteiger partial charge in [0.25, 0.3) is 0 Å². The zero-order chi connectivity index (χ0) is 15.6. The van der Waals surface area contributed by atoms with Crippen LogP contribution in [0.2, 0.25) is 0 Å². The molecule has 3 aromatic rings. The average molecular weight is 310 g/mol. The summed E-state index contributed by atoms with van der Waals surface area (Å²) in [6.45, 7) is 1.67. The van der Waals surface area contributed by atoms with E-state index in [1.54, 1.807) is 0 Å². The molecule has 1 aliphatic rings. The number of aryl methyl sites for hydroxylation is 1. The molecule has 5 heteroatoms. The van der Waals surface area contributed by atoms with Crippen molar-refractivity contribution >= 4 is 10.9 Å². The summed E-state index contributed by atoms with van der Waals surface area (Å²) in [6, 6.07) is 8.86. The first-order valence-electron chi connectivity index (χ1n) is 8.20. The Morgan fingerprint density at radius 3 is 3.22 bits per heavy atom. The second-order valence-electron chi connectivity index (χ2n) is 6.22. The predicted octanol–water partition coefficient (Wildman–Crippen LogP) is 2.91. The van der Waals surface area contributed by atoms with Gasteiger partial charge in [0.15, 0.2) is 0 Å². The molecule has 1 saturated heterocycles. The standard InChI is InChI=1S/C18H22N4O/c1-22-12-14(11-21-22)18-17(6-3-9-23-18)20-10-13-4-2-5-16-15(13)7-8-19-16/h2,4-5,7-8,11-12,17-20H,3,6,9-10H2,1H3/t17-,18+/m0/s1. The number of hydrogen-bond acceptors (Lipinski definition) is 3. The molecule has 2 N–H and O–H groups in total. The smallest absolute Gasteiger partial charge is 0.101 e. The molecule has 4 rings (SSSR count). The number of aromatic amines is 1. The third-order valence-corrected chi connectivity index (χ3v) is 4.62. The van der Waals surface area contributed by atoms with E-state index < -0.39 is 0 Å². The third-order valence-electron chi connectivity index (χ3n) is 4.62. The SMILES string of the molecule is Cn1cc([C@H]2OCCC[C@@H]2NCc2cccc3[nH]ccc23)cn1. The van der Waals surface area contributed by atoms with Crippen molar-refractivity contribution in [2.45, 2.75) is 31.5 Å². The summed E-state index contributed by atoms with van der Waals surface area (Å²) in [6.07, 6.45) is 8.28. The van der Waals surface area contributed by atoms with Crippen molar-refractivity contribution < 1.29 is 4.74 Å². The molecule has 0 radical (unpaired) electrons. The summed E-state index contributed by atoms with van der Waals surface area (Å²) in [4.78, 5) is 3.27. The number of benzene rings is 1. The van der Waals surface area contributed by atoms with Gasteiger partial charge in [0.1, 0.15) is 6.10 Å². The van der Waals surface area contributed by atoms with Gasteiger partial charge >= 0.3 is 0 Å². The number of nitrogens with one attached hydrogen (secondary N) is 2. The van der Waals surface area contributed by atoms with Crippen LogP contribution in [0.15, 0.2) is 42.9 Å². The maximum absolute atomic E-state index is 6.03. The normalized spacial score (nSPS) is 21.8. The summed E-state index contributed by atoms with van der Waals surface area (Å²) in [5.74, 6) is 0. The molecule has 2 aromatic heterocycles. The first-order chi connectivity index (χ1) is 11.3. The minimum Gasteiger partial charge on any atom is -0.372 e. The molecule has 1 fully saturated rings. The van der Waals surface area contributed by atoms with Gasteiger partial charge < -0.3 is 15.0 Å². The highest BCUT2D eigenvalue weighted by atomic mass is 16.5. The van der Waals surface area contributed by atoms with Crippen molar-refractivity contribution in [2.75, 3.05) is 6.61 Å². The number of hydrogen-bond donors (Lipinski definition) is 2. The summed E-state index contributed by atoms with van der Waals surface area (Å²) < 4.78 is 7.87. The Hall–Kier alpha value is -2.11. The van der Waals surface area contributed by atoms with Crippen LogP contribution in [0.25, 0.3) is 10.9 Å². The van der Waals surface area contributed by atoms with E-state index in [9.17, 15) is 0 Å². The van der Waals surface area contributed by atoms with Crippen LogP contribution in [0.4, 0.5) is 0 Å². The zero-order valence-electron chi connectivity index (χ0n) is 13.3. The first kappa shape index (κ1) is 14.5. The minimum absolute atomic E-state index is 0.0860. The fourth-order valence-electron chi connectivity index (χ4n) is 3.45. The number of H-pyrrole nitrogens is 1. The van der Waals surface area contributed by atoms with E-state index in [0.717, 1.165) is 31.6 Å². The monoisotopic (exact) mass is 310 g/mol. The molecule has 2 atom stereocenters. The molecule has 0 bridgehead atoms. The van der Waals surface area contributed by atoms with Gasteiger partial charge in [-0.1, -0.05) is 12.1 Å². The van der Waals surface area contributed by atoms with Crippen LogP contribution in [0.3, 0.4) is 0 Å². The Bertz CT molecular complexity index is 791. The molecular weight excluding hydrogens is 288 g/mol. The van der Waals surface area contributed by atoms with Crippen molar-refractivity contribution in [1.29, 1.82) is 0 Å². The van der Waals surface area contributed by atoms with Crippen LogP contribution in [0, 0.1) is 0 Å². The Morgan fingerprint density at radius 1 is 1.39 bits per heavy atom. The highest BCUT2D eigenvalue weighted by Crippen LogP contribution is 2.28. The van der Waals surface area contributed by atoms with Gasteiger partial charge in [0.2, 0.25) is 0 Å². The van der Waals surface area contributed by atoms with E-state index in [0.29, 0.717) is 6.04 Å². The molecule has 0 aliphatic carbocycles. The molecule has 120 valence electrons. The fourth-order valence-corrected chi connectivity index (χ4v) is 3.45. The average Bonchev–Trinajstić information content (AvgIpc) is 3.22. The Kier molecular flexibility index (Phi) is 3.89. The Balaban J connectivity index is 1.51. The maximum atomic E-state index is 6.03. The fraction of sp³-hybridized carbons (Fsp3) is 0.389.